The zero-order chi connectivity index (χ0) is 24.4. The molecule has 0 saturated carbocycles. The molecule has 174 valence electrons. The first-order chi connectivity index (χ1) is 17.0. The Labute approximate surface area is 203 Å². The molecule has 1 aliphatic rings. The summed E-state index contributed by atoms with van der Waals surface area (Å²) in [5.74, 6) is -0.386. The number of carbonyl (C=O) groups excluding carboxylic acids is 2. The van der Waals surface area contributed by atoms with Gasteiger partial charge < -0.3 is 20.5 Å². The average Bonchev–Trinajstić information content (AvgIpc) is 2.89. The number of hydrogen-bond donors (Lipinski definition) is 3. The van der Waals surface area contributed by atoms with Gasteiger partial charge >= 0.3 is 0 Å². The smallest absolute Gasteiger partial charge is 0.196 e. The molecule has 5 rings (SSSR count). The summed E-state index contributed by atoms with van der Waals surface area (Å²) < 4.78 is 5.03. The van der Waals surface area contributed by atoms with E-state index in [2.05, 4.69) is 10.6 Å². The van der Waals surface area contributed by atoms with E-state index >= 15 is 0 Å². The third-order valence-corrected chi connectivity index (χ3v) is 6.00. The van der Waals surface area contributed by atoms with Crippen LogP contribution in [-0.4, -0.2) is 23.5 Å². The lowest BCUT2D eigenvalue weighted by atomic mass is 9.82. The monoisotopic (exact) mass is 464 g/mol. The van der Waals surface area contributed by atoms with E-state index in [1.165, 1.54) is 0 Å². The minimum atomic E-state index is -0.341. The third-order valence-electron chi connectivity index (χ3n) is 6.00. The number of carbonyl (C=O) groups is 2. The zero-order valence-electron chi connectivity index (χ0n) is 19.2. The van der Waals surface area contributed by atoms with Crippen LogP contribution in [0.25, 0.3) is 0 Å². The van der Waals surface area contributed by atoms with E-state index in [4.69, 9.17) is 9.84 Å². The zero-order valence-corrected chi connectivity index (χ0v) is 19.2. The quantitative estimate of drug-likeness (QED) is 0.267. The van der Waals surface area contributed by atoms with Gasteiger partial charge in [0.1, 0.15) is 6.79 Å². The van der Waals surface area contributed by atoms with Gasteiger partial charge in [-0.3, -0.25) is 9.59 Å². The molecular weight excluding hydrogens is 440 g/mol. The van der Waals surface area contributed by atoms with Crippen LogP contribution in [0, 0.1) is 6.92 Å². The predicted octanol–water partition coefficient (Wildman–Crippen LogP) is 5.72. The summed E-state index contributed by atoms with van der Waals surface area (Å²) in [5.41, 5.74) is 6.28. The number of aliphatic hydroxyl groups is 1. The van der Waals surface area contributed by atoms with Crippen molar-refractivity contribution >= 4 is 34.3 Å². The van der Waals surface area contributed by atoms with Gasteiger partial charge in [0.15, 0.2) is 11.6 Å². The molecular formula is C29H24N2O4. The molecule has 0 atom stereocenters. The van der Waals surface area contributed by atoms with Crippen molar-refractivity contribution in [1.29, 1.82) is 0 Å². The van der Waals surface area contributed by atoms with Gasteiger partial charge in [0, 0.05) is 22.5 Å². The lowest BCUT2D eigenvalue weighted by Crippen LogP contribution is -2.23. The largest absolute Gasteiger partial charge is 0.371 e. The Balaban J connectivity index is 1.57. The standard InChI is InChI=1S/C29H24N2O4/c1-18-6-10-20(11-7-18)30-24-14-15-25(31-21-12-8-19(9-13-21)16-35-17-32)27-26(24)28(33)22-4-2-3-5-23(22)29(27)34/h2-15,30-32H,16-17H2,1H3. The summed E-state index contributed by atoms with van der Waals surface area (Å²) in [6.45, 7) is 1.97. The molecule has 0 amide bonds. The predicted molar refractivity (Wildman–Crippen MR) is 136 cm³/mol. The van der Waals surface area contributed by atoms with Crippen LogP contribution < -0.4 is 10.6 Å². The van der Waals surface area contributed by atoms with E-state index in [0.717, 1.165) is 22.5 Å². The molecule has 0 spiro atoms. The fourth-order valence-electron chi connectivity index (χ4n) is 4.23. The molecule has 0 aromatic heterocycles. The maximum atomic E-state index is 13.6. The first-order valence-corrected chi connectivity index (χ1v) is 11.3. The van der Waals surface area contributed by atoms with E-state index in [1.54, 1.807) is 24.3 Å². The van der Waals surface area contributed by atoms with E-state index in [0.29, 0.717) is 40.2 Å². The van der Waals surface area contributed by atoms with Gasteiger partial charge in [0.25, 0.3) is 0 Å². The van der Waals surface area contributed by atoms with E-state index in [9.17, 15) is 9.59 Å². The molecule has 35 heavy (non-hydrogen) atoms. The molecule has 0 fully saturated rings. The summed E-state index contributed by atoms with van der Waals surface area (Å²) >= 11 is 0. The summed E-state index contributed by atoms with van der Waals surface area (Å²) in [6.07, 6.45) is 0. The normalized spacial score (nSPS) is 12.2. The van der Waals surface area contributed by atoms with E-state index in [1.807, 2.05) is 67.6 Å². The van der Waals surface area contributed by atoms with Gasteiger partial charge in [0.2, 0.25) is 0 Å². The Hall–Kier alpha value is -4.26. The van der Waals surface area contributed by atoms with Crippen LogP contribution in [0.15, 0.2) is 84.9 Å². The molecule has 0 bridgehead atoms. The van der Waals surface area contributed by atoms with Crippen molar-refractivity contribution in [3.05, 3.63) is 118 Å². The summed E-state index contributed by atoms with van der Waals surface area (Å²) in [4.78, 5) is 27.2. The first-order valence-electron chi connectivity index (χ1n) is 11.3. The van der Waals surface area contributed by atoms with Gasteiger partial charge in [-0.1, -0.05) is 54.1 Å². The second-order valence-electron chi connectivity index (χ2n) is 8.41. The number of ether oxygens (including phenoxy) is 1. The average molecular weight is 465 g/mol. The Morgan fingerprint density at radius 3 is 1.66 bits per heavy atom. The highest BCUT2D eigenvalue weighted by atomic mass is 16.6. The van der Waals surface area contributed by atoms with Crippen molar-refractivity contribution in [3.8, 4) is 0 Å². The number of ketones is 2. The second-order valence-corrected chi connectivity index (χ2v) is 8.41. The van der Waals surface area contributed by atoms with Crippen molar-refractivity contribution in [3.63, 3.8) is 0 Å². The maximum Gasteiger partial charge on any atom is 0.196 e. The molecule has 0 heterocycles. The first kappa shape index (κ1) is 22.5. The van der Waals surface area contributed by atoms with Crippen LogP contribution in [-0.2, 0) is 11.3 Å². The Bertz CT molecular complexity index is 1410. The fourth-order valence-corrected chi connectivity index (χ4v) is 4.23. The number of hydrogen-bond acceptors (Lipinski definition) is 6. The maximum absolute atomic E-state index is 13.6. The molecule has 6 nitrogen and oxygen atoms in total. The number of anilines is 4. The summed E-state index contributed by atoms with van der Waals surface area (Å²) in [6, 6.07) is 25.9. The molecule has 4 aromatic rings. The summed E-state index contributed by atoms with van der Waals surface area (Å²) in [7, 11) is 0. The lowest BCUT2D eigenvalue weighted by molar-refractivity contribution is -0.0112. The molecule has 4 aromatic carbocycles. The molecule has 6 heteroatoms. The van der Waals surface area contributed by atoms with Crippen molar-refractivity contribution in [2.24, 2.45) is 0 Å². The number of benzene rings is 4. The van der Waals surface area contributed by atoms with Gasteiger partial charge in [-0.2, -0.15) is 0 Å². The molecule has 0 unspecified atom stereocenters. The Morgan fingerprint density at radius 2 is 1.17 bits per heavy atom. The topological polar surface area (TPSA) is 87.7 Å². The number of aliphatic hydroxyl groups excluding tert-OH is 1. The molecule has 1 aliphatic carbocycles. The number of aryl methyl sites for hydroxylation is 1. The summed E-state index contributed by atoms with van der Waals surface area (Å²) in [5, 5.41) is 15.5. The Morgan fingerprint density at radius 1 is 0.686 bits per heavy atom. The molecule has 0 saturated heterocycles. The second kappa shape index (κ2) is 9.54. The third kappa shape index (κ3) is 4.45. The lowest BCUT2D eigenvalue weighted by Gasteiger charge is -2.24. The van der Waals surface area contributed by atoms with Crippen LogP contribution in [0.3, 0.4) is 0 Å². The van der Waals surface area contributed by atoms with Crippen molar-refractivity contribution in [1.82, 2.24) is 0 Å². The van der Waals surface area contributed by atoms with Gasteiger partial charge in [-0.25, -0.2) is 0 Å². The minimum absolute atomic E-state index is 0.190. The van der Waals surface area contributed by atoms with Gasteiger partial charge in [-0.15, -0.1) is 0 Å². The van der Waals surface area contributed by atoms with E-state index < -0.39 is 0 Å². The number of nitrogens with one attached hydrogen (secondary N) is 2. The SMILES string of the molecule is Cc1ccc(Nc2ccc(Nc3ccc(COCO)cc3)c3c2C(=O)c2ccccc2C3=O)cc1. The molecule has 3 N–H and O–H groups in total. The molecule has 0 radical (unpaired) electrons. The highest BCUT2D eigenvalue weighted by Crippen LogP contribution is 2.38. The van der Waals surface area contributed by atoms with Crippen molar-refractivity contribution < 1.29 is 19.4 Å². The van der Waals surface area contributed by atoms with Gasteiger partial charge in [0.05, 0.1) is 29.1 Å². The fraction of sp³-hybridized carbons (Fsp3) is 0.103. The van der Waals surface area contributed by atoms with Gasteiger partial charge in [-0.05, 0) is 48.9 Å². The Kier molecular flexibility index (Phi) is 6.14. The van der Waals surface area contributed by atoms with Crippen LogP contribution in [0.2, 0.25) is 0 Å². The molecule has 0 aliphatic heterocycles. The van der Waals surface area contributed by atoms with Crippen LogP contribution in [0.4, 0.5) is 22.7 Å². The highest BCUT2D eigenvalue weighted by molar-refractivity contribution is 6.32. The number of rotatable bonds is 7. The minimum Gasteiger partial charge on any atom is -0.371 e. The number of fused-ring (bicyclic) bond motifs is 2. The van der Waals surface area contributed by atoms with Crippen molar-refractivity contribution in [2.75, 3.05) is 17.4 Å². The van der Waals surface area contributed by atoms with Crippen LogP contribution in [0.5, 0.6) is 0 Å². The van der Waals surface area contributed by atoms with Crippen molar-refractivity contribution in [2.45, 2.75) is 13.5 Å². The highest BCUT2D eigenvalue weighted by Gasteiger charge is 2.34. The van der Waals surface area contributed by atoms with Crippen LogP contribution in [0.1, 0.15) is 43.0 Å². The van der Waals surface area contributed by atoms with Crippen LogP contribution >= 0.6 is 0 Å². The van der Waals surface area contributed by atoms with E-state index in [-0.39, 0.29) is 18.4 Å².